The molecular weight excluding hydrogens is 360 g/mol. The maximum atomic E-state index is 12.4. The molecule has 2 fully saturated rings. The van der Waals surface area contributed by atoms with Crippen LogP contribution in [0.15, 0.2) is 29.4 Å². The lowest BCUT2D eigenvalue weighted by Gasteiger charge is -2.27. The van der Waals surface area contributed by atoms with Gasteiger partial charge in [0.15, 0.2) is 10.9 Å². The number of Topliss-reactive ketones (excluding diaryl/α,β-unsaturated/α-hetero) is 1. The van der Waals surface area contributed by atoms with Gasteiger partial charge >= 0.3 is 0 Å². The summed E-state index contributed by atoms with van der Waals surface area (Å²) in [4.78, 5) is 14.6. The van der Waals surface area contributed by atoms with Crippen LogP contribution in [0.1, 0.15) is 29.2 Å². The molecule has 1 aliphatic carbocycles. The van der Waals surface area contributed by atoms with E-state index in [0.29, 0.717) is 22.4 Å². The molecule has 1 aliphatic heterocycles. The summed E-state index contributed by atoms with van der Waals surface area (Å²) in [7, 11) is 0. The van der Waals surface area contributed by atoms with Crippen LogP contribution in [0.25, 0.3) is 0 Å². The number of ether oxygens (including phenoxy) is 1. The van der Waals surface area contributed by atoms with Gasteiger partial charge in [-0.1, -0.05) is 23.4 Å². The quantitative estimate of drug-likeness (QED) is 0.568. The second-order valence-electron chi connectivity index (χ2n) is 6.20. The highest BCUT2D eigenvalue weighted by atomic mass is 35.5. The number of ketones is 1. The summed E-state index contributed by atoms with van der Waals surface area (Å²) >= 11 is 7.33. The Labute approximate surface area is 155 Å². The minimum Gasteiger partial charge on any atom is -0.378 e. The number of hydrogen-bond acceptors (Lipinski definition) is 6. The van der Waals surface area contributed by atoms with Crippen LogP contribution in [-0.4, -0.2) is 52.6 Å². The van der Waals surface area contributed by atoms with Crippen molar-refractivity contribution in [2.45, 2.75) is 24.0 Å². The van der Waals surface area contributed by atoms with Crippen LogP contribution in [0.2, 0.25) is 5.02 Å². The zero-order chi connectivity index (χ0) is 17.2. The van der Waals surface area contributed by atoms with Crippen LogP contribution in [0.4, 0.5) is 5.95 Å². The molecule has 0 radical (unpaired) electrons. The molecule has 0 unspecified atom stereocenters. The highest BCUT2D eigenvalue weighted by Crippen LogP contribution is 2.41. The van der Waals surface area contributed by atoms with Crippen LogP contribution in [0, 0.1) is 0 Å². The first-order valence-corrected chi connectivity index (χ1v) is 9.78. The highest BCUT2D eigenvalue weighted by molar-refractivity contribution is 7.99. The van der Waals surface area contributed by atoms with Crippen molar-refractivity contribution in [3.8, 4) is 0 Å². The Morgan fingerprint density at radius 1 is 1.20 bits per heavy atom. The highest BCUT2D eigenvalue weighted by Gasteiger charge is 2.32. The van der Waals surface area contributed by atoms with Crippen molar-refractivity contribution in [1.29, 1.82) is 0 Å². The normalized spacial score (nSPS) is 17.7. The minimum absolute atomic E-state index is 0.0694. The van der Waals surface area contributed by atoms with Crippen molar-refractivity contribution in [2.24, 2.45) is 0 Å². The first-order valence-electron chi connectivity index (χ1n) is 8.41. The van der Waals surface area contributed by atoms with Crippen LogP contribution in [0.5, 0.6) is 0 Å². The molecule has 0 N–H and O–H groups in total. The molecule has 0 spiro atoms. The van der Waals surface area contributed by atoms with Crippen LogP contribution < -0.4 is 4.90 Å². The van der Waals surface area contributed by atoms with Crippen LogP contribution >= 0.6 is 23.4 Å². The van der Waals surface area contributed by atoms with Gasteiger partial charge < -0.3 is 9.64 Å². The number of thioether (sulfide) groups is 1. The average molecular weight is 379 g/mol. The predicted octanol–water partition coefficient (Wildman–Crippen LogP) is 3.08. The Morgan fingerprint density at radius 2 is 1.92 bits per heavy atom. The fourth-order valence-electron chi connectivity index (χ4n) is 2.85. The summed E-state index contributed by atoms with van der Waals surface area (Å²) in [5.41, 5.74) is 0.669. The molecular formula is C17H19ClN4O2S. The van der Waals surface area contributed by atoms with Crippen molar-refractivity contribution < 1.29 is 9.53 Å². The number of carbonyl (C=O) groups excluding carboxylic acids is 1. The summed E-state index contributed by atoms with van der Waals surface area (Å²) in [5.74, 6) is 1.32. The summed E-state index contributed by atoms with van der Waals surface area (Å²) < 4.78 is 7.62. The Hall–Kier alpha value is -1.57. The van der Waals surface area contributed by atoms with Gasteiger partial charge in [0.25, 0.3) is 0 Å². The van der Waals surface area contributed by atoms with Gasteiger partial charge in [-0.25, -0.2) is 0 Å². The largest absolute Gasteiger partial charge is 0.378 e. The fraction of sp³-hybridized carbons (Fsp3) is 0.471. The van der Waals surface area contributed by atoms with Gasteiger partial charge in [-0.3, -0.25) is 9.36 Å². The Bertz CT molecular complexity index is 755. The molecule has 2 heterocycles. The molecule has 8 heteroatoms. The number of carbonyl (C=O) groups is 1. The number of benzene rings is 1. The van der Waals surface area contributed by atoms with E-state index in [4.69, 9.17) is 16.3 Å². The van der Waals surface area contributed by atoms with Gasteiger partial charge in [0, 0.05) is 29.7 Å². The van der Waals surface area contributed by atoms with Gasteiger partial charge in [0.2, 0.25) is 5.95 Å². The van der Waals surface area contributed by atoms with Crippen molar-refractivity contribution in [3.05, 3.63) is 34.9 Å². The summed E-state index contributed by atoms with van der Waals surface area (Å²) in [6, 6.07) is 7.46. The van der Waals surface area contributed by atoms with E-state index >= 15 is 0 Å². The van der Waals surface area contributed by atoms with E-state index in [0.717, 1.165) is 50.2 Å². The molecule has 6 nitrogen and oxygen atoms in total. The van der Waals surface area contributed by atoms with E-state index in [1.165, 1.54) is 11.8 Å². The number of aromatic nitrogens is 3. The topological polar surface area (TPSA) is 60.3 Å². The van der Waals surface area contributed by atoms with Gasteiger partial charge in [0.05, 0.1) is 19.0 Å². The van der Waals surface area contributed by atoms with Crippen LogP contribution in [-0.2, 0) is 4.74 Å². The molecule has 2 aromatic rings. The molecule has 1 saturated heterocycles. The number of rotatable bonds is 6. The van der Waals surface area contributed by atoms with Gasteiger partial charge in [-0.15, -0.1) is 10.2 Å². The molecule has 4 rings (SSSR count). The molecule has 25 heavy (non-hydrogen) atoms. The molecule has 0 bridgehead atoms. The number of hydrogen-bond donors (Lipinski definition) is 0. The third kappa shape index (κ3) is 3.83. The van der Waals surface area contributed by atoms with Crippen molar-refractivity contribution in [2.75, 3.05) is 37.0 Å². The third-order valence-electron chi connectivity index (χ3n) is 4.35. The summed E-state index contributed by atoms with van der Waals surface area (Å²) in [5, 5.41) is 10.2. The van der Waals surface area contributed by atoms with E-state index in [-0.39, 0.29) is 5.78 Å². The molecule has 0 atom stereocenters. The second-order valence-corrected chi connectivity index (χ2v) is 7.58. The monoisotopic (exact) mass is 378 g/mol. The van der Waals surface area contributed by atoms with Crippen molar-refractivity contribution >= 4 is 35.1 Å². The molecule has 1 saturated carbocycles. The minimum atomic E-state index is 0.0694. The zero-order valence-electron chi connectivity index (χ0n) is 13.7. The number of halogens is 1. The number of morpholine rings is 1. The lowest BCUT2D eigenvalue weighted by molar-refractivity contribution is 0.102. The third-order valence-corrected chi connectivity index (χ3v) is 5.55. The number of anilines is 1. The SMILES string of the molecule is O=C(CSc1nnc(N2CCOCC2)n1C1CC1)c1ccc(Cl)cc1. The zero-order valence-corrected chi connectivity index (χ0v) is 15.3. The summed E-state index contributed by atoms with van der Waals surface area (Å²) in [6.07, 6.45) is 2.29. The molecule has 2 aliphatic rings. The lowest BCUT2D eigenvalue weighted by Crippen LogP contribution is -2.38. The van der Waals surface area contributed by atoms with E-state index in [1.807, 2.05) is 0 Å². The predicted molar refractivity (Wildman–Crippen MR) is 97.8 cm³/mol. The Balaban J connectivity index is 1.47. The molecule has 132 valence electrons. The maximum absolute atomic E-state index is 12.4. The first kappa shape index (κ1) is 16.9. The Kier molecular flexibility index (Phi) is 4.96. The molecule has 1 aromatic carbocycles. The molecule has 1 aromatic heterocycles. The van der Waals surface area contributed by atoms with E-state index in [2.05, 4.69) is 19.7 Å². The van der Waals surface area contributed by atoms with E-state index in [1.54, 1.807) is 24.3 Å². The maximum Gasteiger partial charge on any atom is 0.228 e. The van der Waals surface area contributed by atoms with Crippen molar-refractivity contribution in [3.63, 3.8) is 0 Å². The fourth-order valence-corrected chi connectivity index (χ4v) is 3.87. The van der Waals surface area contributed by atoms with E-state index < -0.39 is 0 Å². The average Bonchev–Trinajstić information content (AvgIpc) is 3.40. The summed E-state index contributed by atoms with van der Waals surface area (Å²) in [6.45, 7) is 3.10. The van der Waals surface area contributed by atoms with Gasteiger partial charge in [-0.05, 0) is 37.1 Å². The van der Waals surface area contributed by atoms with Gasteiger partial charge in [0.1, 0.15) is 0 Å². The van der Waals surface area contributed by atoms with Crippen molar-refractivity contribution in [1.82, 2.24) is 14.8 Å². The smallest absolute Gasteiger partial charge is 0.228 e. The van der Waals surface area contributed by atoms with Crippen LogP contribution in [0.3, 0.4) is 0 Å². The second kappa shape index (κ2) is 7.35. The Morgan fingerprint density at radius 3 is 2.60 bits per heavy atom. The van der Waals surface area contributed by atoms with E-state index in [9.17, 15) is 4.79 Å². The first-order chi connectivity index (χ1) is 12.2. The number of nitrogens with zero attached hydrogens (tertiary/aromatic N) is 4. The lowest BCUT2D eigenvalue weighted by atomic mass is 10.1. The molecule has 0 amide bonds. The standard InChI is InChI=1S/C17H19ClN4O2S/c18-13-3-1-12(2-4-13)15(23)11-25-17-20-19-16(22(17)14-5-6-14)21-7-9-24-10-8-21/h1-4,14H,5-11H2. The van der Waals surface area contributed by atoms with Gasteiger partial charge in [-0.2, -0.15) is 0 Å².